The number of amides is 2. The van der Waals surface area contributed by atoms with Crippen LogP contribution in [0.25, 0.3) is 0 Å². The number of hydrogen-bond acceptors (Lipinski definition) is 9. The van der Waals surface area contributed by atoms with Gasteiger partial charge in [-0.25, -0.2) is 0 Å². The molecule has 4 aromatic rings. The number of ether oxygens (including phenoxy) is 2. The van der Waals surface area contributed by atoms with Gasteiger partial charge in [0.2, 0.25) is 5.91 Å². The molecule has 0 spiro atoms. The molecule has 6 rings (SSSR count). The maximum Gasteiger partial charge on any atom is 0.304 e. The molecule has 12 heteroatoms. The first-order chi connectivity index (χ1) is 23.6. The predicted molar refractivity (Wildman–Crippen MR) is 180 cm³/mol. The van der Waals surface area contributed by atoms with Crippen LogP contribution in [0, 0.1) is 5.92 Å². The maximum atomic E-state index is 14.1. The summed E-state index contributed by atoms with van der Waals surface area (Å²) in [6.07, 6.45) is 5.57. The zero-order valence-electron chi connectivity index (χ0n) is 27.6. The summed E-state index contributed by atoms with van der Waals surface area (Å²) in [6.45, 7) is 3.66. The highest BCUT2D eigenvalue weighted by Crippen LogP contribution is 2.47. The Balaban J connectivity index is 1.17. The number of hydrogen-bond donors (Lipinski definition) is 2. The molecule has 12 nitrogen and oxygen atoms in total. The Kier molecular flexibility index (Phi) is 9.61. The van der Waals surface area contributed by atoms with Gasteiger partial charge in [0.25, 0.3) is 5.91 Å². The molecular weight excluding hydrogens is 626 g/mol. The molecule has 0 saturated carbocycles. The molecule has 254 valence electrons. The average Bonchev–Trinajstić information content (AvgIpc) is 3.64. The smallest absolute Gasteiger partial charge is 0.304 e. The second-order valence-corrected chi connectivity index (χ2v) is 12.3. The molecule has 3 aromatic carbocycles. The van der Waals surface area contributed by atoms with Crippen LogP contribution in [-0.2, 0) is 37.8 Å². The van der Waals surface area contributed by atoms with E-state index in [4.69, 9.17) is 9.47 Å². The van der Waals surface area contributed by atoms with Gasteiger partial charge in [-0.05, 0) is 47.9 Å². The molecular formula is C37H39N5O7. The minimum Gasteiger partial charge on any atom is -0.497 e. The number of anilines is 2. The summed E-state index contributed by atoms with van der Waals surface area (Å²) in [4.78, 5) is 41.0. The summed E-state index contributed by atoms with van der Waals surface area (Å²) >= 11 is 0. The van der Waals surface area contributed by atoms with Gasteiger partial charge in [-0.3, -0.25) is 24.0 Å². The number of allylic oxidation sites excluding steroid dienone is 1. The van der Waals surface area contributed by atoms with E-state index in [-0.39, 0.29) is 31.4 Å². The molecule has 49 heavy (non-hydrogen) atoms. The van der Waals surface area contributed by atoms with Crippen LogP contribution < -0.4 is 14.5 Å². The Hall–Kier alpha value is -5.33. The summed E-state index contributed by atoms with van der Waals surface area (Å²) in [5.74, 6) is -1.48. The van der Waals surface area contributed by atoms with Gasteiger partial charge in [-0.1, -0.05) is 66.8 Å². The van der Waals surface area contributed by atoms with Gasteiger partial charge in [-0.2, -0.15) is 0 Å². The van der Waals surface area contributed by atoms with Crippen molar-refractivity contribution in [3.05, 3.63) is 114 Å². The van der Waals surface area contributed by atoms with Gasteiger partial charge < -0.3 is 24.6 Å². The number of aliphatic hydroxyl groups excluding tert-OH is 1. The second kappa shape index (κ2) is 14.0. The molecule has 1 aromatic heterocycles. The lowest BCUT2D eigenvalue weighted by molar-refractivity contribution is -0.153. The van der Waals surface area contributed by atoms with Crippen LogP contribution in [0.2, 0.25) is 0 Å². The standard InChI is InChI=1S/C37H39N5O7/c1-24(10-7-8-17-40-22-32(38-39-40)30(23-43)27-12-5-4-6-13-27)37(47)31-19-29(48-3)15-16-33(31)41(36(37)46)21-26-11-9-14-28(18-26)42-34(45)20-35(42)49-25(2)44/h4-7,9-16,18-19,22,24,30,35,43,47H,8,17,20-21,23H2,1-3H3/b10-7+/t24-,30?,35?,37+/m0/s1. The fraction of sp³-hybridized carbons (Fsp3) is 0.324. The fourth-order valence-corrected chi connectivity index (χ4v) is 6.46. The topological polar surface area (TPSA) is 147 Å². The molecule has 2 amide bonds. The first kappa shape index (κ1) is 33.6. The number of esters is 1. The number of aliphatic hydroxyl groups is 2. The lowest BCUT2D eigenvalue weighted by Crippen LogP contribution is -2.54. The van der Waals surface area contributed by atoms with E-state index in [9.17, 15) is 24.6 Å². The van der Waals surface area contributed by atoms with E-state index in [0.29, 0.717) is 41.3 Å². The van der Waals surface area contributed by atoms with E-state index in [1.54, 1.807) is 52.9 Å². The second-order valence-electron chi connectivity index (χ2n) is 12.3. The highest BCUT2D eigenvalue weighted by atomic mass is 16.6. The van der Waals surface area contributed by atoms with Crippen molar-refractivity contribution in [1.29, 1.82) is 0 Å². The molecule has 0 aliphatic carbocycles. The summed E-state index contributed by atoms with van der Waals surface area (Å²) in [7, 11) is 1.53. The summed E-state index contributed by atoms with van der Waals surface area (Å²) in [5.41, 5.74) is 2.05. The van der Waals surface area contributed by atoms with Crippen molar-refractivity contribution in [3.8, 4) is 5.75 Å². The summed E-state index contributed by atoms with van der Waals surface area (Å²) < 4.78 is 12.4. The number of fused-ring (bicyclic) bond motifs is 1. The number of carbonyl (C=O) groups is 3. The van der Waals surface area contributed by atoms with Crippen LogP contribution in [0.4, 0.5) is 11.4 Å². The minimum atomic E-state index is -1.86. The quantitative estimate of drug-likeness (QED) is 0.123. The highest BCUT2D eigenvalue weighted by molar-refractivity contribution is 6.07. The number of benzene rings is 3. The van der Waals surface area contributed by atoms with Gasteiger partial charge >= 0.3 is 5.97 Å². The third kappa shape index (κ3) is 6.57. The van der Waals surface area contributed by atoms with Crippen LogP contribution in [-0.4, -0.2) is 62.9 Å². The number of aryl methyl sites for hydroxylation is 1. The van der Waals surface area contributed by atoms with E-state index in [1.165, 1.54) is 18.9 Å². The van der Waals surface area contributed by atoms with E-state index in [1.807, 2.05) is 54.7 Å². The van der Waals surface area contributed by atoms with E-state index >= 15 is 0 Å². The molecule has 1 fully saturated rings. The van der Waals surface area contributed by atoms with E-state index in [2.05, 4.69) is 10.3 Å². The van der Waals surface area contributed by atoms with Gasteiger partial charge in [-0.15, -0.1) is 5.10 Å². The van der Waals surface area contributed by atoms with Crippen LogP contribution in [0.15, 0.2) is 91.1 Å². The molecule has 4 atom stereocenters. The van der Waals surface area contributed by atoms with Crippen molar-refractivity contribution < 1.29 is 34.1 Å². The molecule has 2 aliphatic rings. The largest absolute Gasteiger partial charge is 0.497 e. The molecule has 2 unspecified atom stereocenters. The van der Waals surface area contributed by atoms with E-state index in [0.717, 1.165) is 11.1 Å². The lowest BCUT2D eigenvalue weighted by atomic mass is 9.83. The third-order valence-corrected chi connectivity index (χ3v) is 9.12. The van der Waals surface area contributed by atoms with Gasteiger partial charge in [0, 0.05) is 36.8 Å². The molecule has 0 bridgehead atoms. The predicted octanol–water partition coefficient (Wildman–Crippen LogP) is 4.05. The Labute approximate surface area is 284 Å². The van der Waals surface area contributed by atoms with Crippen LogP contribution in [0.5, 0.6) is 5.75 Å². The first-order valence-corrected chi connectivity index (χ1v) is 16.2. The summed E-state index contributed by atoms with van der Waals surface area (Å²) in [6, 6.07) is 22.0. The SMILES string of the molecule is COc1ccc2c(c1)[C@](O)([C@@H](C)/C=C/CCn1cc(C(CO)c3ccccc3)nn1)C(=O)N2Cc1cccc(N2C(=O)CC2OC(C)=O)c1. The number of carbonyl (C=O) groups excluding carboxylic acids is 3. The molecule has 2 N–H and O–H groups in total. The Morgan fingerprint density at radius 2 is 1.90 bits per heavy atom. The monoisotopic (exact) mass is 665 g/mol. The Morgan fingerprint density at radius 3 is 2.61 bits per heavy atom. The van der Waals surface area contributed by atoms with Crippen LogP contribution in [0.3, 0.4) is 0 Å². The zero-order valence-corrected chi connectivity index (χ0v) is 27.6. The van der Waals surface area contributed by atoms with Crippen LogP contribution >= 0.6 is 0 Å². The molecule has 0 radical (unpaired) electrons. The Morgan fingerprint density at radius 1 is 1.10 bits per heavy atom. The normalized spacial score (nSPS) is 19.9. The fourth-order valence-electron chi connectivity index (χ4n) is 6.46. The van der Waals surface area contributed by atoms with Gasteiger partial charge in [0.05, 0.1) is 44.0 Å². The lowest BCUT2D eigenvalue weighted by Gasteiger charge is -2.39. The van der Waals surface area contributed by atoms with Crippen molar-refractivity contribution in [2.75, 3.05) is 23.5 Å². The minimum absolute atomic E-state index is 0.0872. The average molecular weight is 666 g/mol. The maximum absolute atomic E-state index is 14.1. The third-order valence-electron chi connectivity index (χ3n) is 9.12. The van der Waals surface area contributed by atoms with Crippen molar-refractivity contribution in [1.82, 2.24) is 15.0 Å². The van der Waals surface area contributed by atoms with Crippen molar-refractivity contribution >= 4 is 29.2 Å². The number of β-lactam (4-membered cyclic amide) rings is 1. The first-order valence-electron chi connectivity index (χ1n) is 16.2. The van der Waals surface area contributed by atoms with Crippen molar-refractivity contribution in [3.63, 3.8) is 0 Å². The molecule has 3 heterocycles. The van der Waals surface area contributed by atoms with Crippen LogP contribution in [0.1, 0.15) is 55.0 Å². The van der Waals surface area contributed by atoms with Crippen molar-refractivity contribution in [2.45, 2.75) is 57.5 Å². The summed E-state index contributed by atoms with van der Waals surface area (Å²) in [5, 5.41) is 30.6. The molecule has 2 aliphatic heterocycles. The zero-order chi connectivity index (χ0) is 34.7. The number of methoxy groups -OCH3 is 1. The number of nitrogens with zero attached hydrogens (tertiary/aromatic N) is 5. The van der Waals surface area contributed by atoms with E-state index < -0.39 is 29.6 Å². The van der Waals surface area contributed by atoms with Gasteiger partial charge in [0.15, 0.2) is 11.8 Å². The van der Waals surface area contributed by atoms with Crippen molar-refractivity contribution in [2.24, 2.45) is 5.92 Å². The highest BCUT2D eigenvalue weighted by Gasteiger charge is 2.52. The Bertz CT molecular complexity index is 1880. The number of rotatable bonds is 13. The molecule has 1 saturated heterocycles. The number of aromatic nitrogens is 3. The van der Waals surface area contributed by atoms with Gasteiger partial charge in [0.1, 0.15) is 5.75 Å².